The first kappa shape index (κ1) is 11.2. The molecule has 2 aromatic heterocycles. The van der Waals surface area contributed by atoms with Gasteiger partial charge in [-0.3, -0.25) is 0 Å². The minimum Gasteiger partial charge on any atom is -0.303 e. The van der Waals surface area contributed by atoms with Crippen LogP contribution in [-0.4, -0.2) is 16.5 Å². The van der Waals surface area contributed by atoms with Crippen molar-refractivity contribution in [1.29, 1.82) is 0 Å². The molecule has 0 amide bonds. The van der Waals surface area contributed by atoms with E-state index in [9.17, 15) is 0 Å². The van der Waals surface area contributed by atoms with Crippen molar-refractivity contribution in [2.24, 2.45) is 0 Å². The van der Waals surface area contributed by atoms with Gasteiger partial charge in [0.15, 0.2) is 0 Å². The van der Waals surface area contributed by atoms with Crippen LogP contribution in [0.4, 0.5) is 0 Å². The zero-order valence-corrected chi connectivity index (χ0v) is 10.3. The molecule has 0 saturated carbocycles. The van der Waals surface area contributed by atoms with Gasteiger partial charge >= 0.3 is 0 Å². The summed E-state index contributed by atoms with van der Waals surface area (Å²) in [4.78, 5) is 10.0. The summed E-state index contributed by atoms with van der Waals surface area (Å²) < 4.78 is 0. The number of rotatable bonds is 4. The Morgan fingerprint density at radius 1 is 1.38 bits per heavy atom. The van der Waals surface area contributed by atoms with E-state index in [2.05, 4.69) is 39.7 Å². The topological polar surface area (TPSA) is 37.8 Å². The molecule has 1 N–H and O–H groups in total. The molecule has 84 valence electrons. The van der Waals surface area contributed by atoms with E-state index >= 15 is 0 Å². The first-order valence-corrected chi connectivity index (χ1v) is 6.24. The molecule has 2 rings (SSSR count). The van der Waals surface area contributed by atoms with Gasteiger partial charge in [-0.05, 0) is 30.5 Å². The molecule has 3 nitrogen and oxygen atoms in total. The third kappa shape index (κ3) is 2.46. The smallest absolute Gasteiger partial charge is 0.150 e. The minimum atomic E-state index is 0.116. The van der Waals surface area contributed by atoms with E-state index in [4.69, 9.17) is 0 Å². The van der Waals surface area contributed by atoms with E-state index in [1.54, 1.807) is 11.3 Å². The molecule has 4 heteroatoms. The van der Waals surface area contributed by atoms with E-state index in [-0.39, 0.29) is 6.04 Å². The van der Waals surface area contributed by atoms with Crippen molar-refractivity contribution in [2.75, 3.05) is 6.54 Å². The molecule has 0 aliphatic heterocycles. The highest BCUT2D eigenvalue weighted by atomic mass is 32.1. The number of thiophene rings is 1. The van der Waals surface area contributed by atoms with Crippen LogP contribution in [0.5, 0.6) is 0 Å². The molecule has 0 fully saturated rings. The van der Waals surface area contributed by atoms with Crippen molar-refractivity contribution in [3.63, 3.8) is 0 Å². The summed E-state index contributed by atoms with van der Waals surface area (Å²) in [7, 11) is 0. The predicted molar refractivity (Wildman–Crippen MR) is 66.6 cm³/mol. The van der Waals surface area contributed by atoms with Crippen molar-refractivity contribution < 1.29 is 0 Å². The predicted octanol–water partition coefficient (Wildman–Crippen LogP) is 2.55. The maximum Gasteiger partial charge on any atom is 0.150 e. The Morgan fingerprint density at radius 3 is 2.69 bits per heavy atom. The van der Waals surface area contributed by atoms with E-state index < -0.39 is 0 Å². The third-order valence-corrected chi connectivity index (χ3v) is 3.23. The summed E-state index contributed by atoms with van der Waals surface area (Å²) in [5.74, 6) is 0.843. The van der Waals surface area contributed by atoms with Crippen LogP contribution in [0.15, 0.2) is 29.9 Å². The van der Waals surface area contributed by atoms with E-state index in [1.165, 1.54) is 4.88 Å². The second kappa shape index (κ2) is 5.18. The molecule has 0 aromatic carbocycles. The van der Waals surface area contributed by atoms with Gasteiger partial charge in [-0.15, -0.1) is 11.3 Å². The van der Waals surface area contributed by atoms with Crippen molar-refractivity contribution in [3.8, 4) is 0 Å². The second-order valence-corrected chi connectivity index (χ2v) is 4.60. The molecule has 0 spiro atoms. The largest absolute Gasteiger partial charge is 0.303 e. The van der Waals surface area contributed by atoms with E-state index in [1.807, 2.05) is 19.3 Å². The average Bonchev–Trinajstić information content (AvgIpc) is 2.81. The highest BCUT2D eigenvalue weighted by molar-refractivity contribution is 7.10. The molecule has 16 heavy (non-hydrogen) atoms. The van der Waals surface area contributed by atoms with Gasteiger partial charge in [0, 0.05) is 17.3 Å². The van der Waals surface area contributed by atoms with Crippen LogP contribution in [0.3, 0.4) is 0 Å². The van der Waals surface area contributed by atoms with Gasteiger partial charge in [-0.1, -0.05) is 13.0 Å². The summed E-state index contributed by atoms with van der Waals surface area (Å²) in [5.41, 5.74) is 1.09. The molecule has 0 aliphatic carbocycles. The molecule has 1 atom stereocenters. The Hall–Kier alpha value is -1.26. The average molecular weight is 233 g/mol. The van der Waals surface area contributed by atoms with Crippen molar-refractivity contribution in [1.82, 2.24) is 15.3 Å². The summed E-state index contributed by atoms with van der Waals surface area (Å²) in [6.45, 7) is 4.99. The molecular formula is C12H15N3S. The lowest BCUT2D eigenvalue weighted by atomic mass is 10.2. The molecule has 0 saturated heterocycles. The Bertz CT molecular complexity index is 422. The summed E-state index contributed by atoms with van der Waals surface area (Å²) in [5, 5.41) is 5.48. The highest BCUT2D eigenvalue weighted by Crippen LogP contribution is 2.23. The van der Waals surface area contributed by atoms with Gasteiger partial charge < -0.3 is 5.32 Å². The van der Waals surface area contributed by atoms with Crippen LogP contribution in [0.2, 0.25) is 0 Å². The van der Waals surface area contributed by atoms with E-state index in [0.717, 1.165) is 17.9 Å². The summed E-state index contributed by atoms with van der Waals surface area (Å²) in [6, 6.07) is 4.28. The number of aromatic nitrogens is 2. The third-order valence-electron chi connectivity index (χ3n) is 2.30. The number of hydrogen-bond donors (Lipinski definition) is 1. The fraction of sp³-hybridized carbons (Fsp3) is 0.333. The Balaban J connectivity index is 2.29. The lowest BCUT2D eigenvalue weighted by Gasteiger charge is -2.14. The monoisotopic (exact) mass is 233 g/mol. The first-order chi connectivity index (χ1) is 7.81. The van der Waals surface area contributed by atoms with Crippen LogP contribution >= 0.6 is 11.3 Å². The molecular weight excluding hydrogens is 218 g/mol. The van der Waals surface area contributed by atoms with Crippen LogP contribution in [0.1, 0.15) is 29.2 Å². The molecule has 2 aromatic rings. The quantitative estimate of drug-likeness (QED) is 0.882. The summed E-state index contributed by atoms with van der Waals surface area (Å²) in [6.07, 6.45) is 3.72. The first-order valence-electron chi connectivity index (χ1n) is 5.36. The second-order valence-electron chi connectivity index (χ2n) is 3.62. The van der Waals surface area contributed by atoms with Crippen molar-refractivity contribution >= 4 is 11.3 Å². The molecule has 0 bridgehead atoms. The van der Waals surface area contributed by atoms with Crippen LogP contribution in [-0.2, 0) is 0 Å². The minimum absolute atomic E-state index is 0.116. The molecule has 0 radical (unpaired) electrons. The fourth-order valence-electron chi connectivity index (χ4n) is 1.53. The van der Waals surface area contributed by atoms with Gasteiger partial charge in [0.05, 0.1) is 0 Å². The fourth-order valence-corrected chi connectivity index (χ4v) is 2.33. The lowest BCUT2D eigenvalue weighted by Crippen LogP contribution is -2.23. The number of nitrogens with one attached hydrogen (secondary N) is 1. The molecule has 2 heterocycles. The number of nitrogens with zero attached hydrogens (tertiary/aromatic N) is 2. The van der Waals surface area contributed by atoms with Gasteiger partial charge in [-0.25, -0.2) is 9.97 Å². The van der Waals surface area contributed by atoms with Gasteiger partial charge in [0.1, 0.15) is 11.9 Å². The van der Waals surface area contributed by atoms with Crippen molar-refractivity contribution in [3.05, 3.63) is 46.2 Å². The maximum absolute atomic E-state index is 4.39. The molecule has 0 aliphatic rings. The SMILES string of the molecule is CCNC(c1ncc(C)cn1)c1cccs1. The van der Waals surface area contributed by atoms with E-state index in [0.29, 0.717) is 0 Å². The molecule has 1 unspecified atom stereocenters. The normalized spacial score (nSPS) is 12.6. The zero-order valence-electron chi connectivity index (χ0n) is 9.47. The number of aryl methyl sites for hydroxylation is 1. The Labute approximate surface area is 99.6 Å². The zero-order chi connectivity index (χ0) is 11.4. The van der Waals surface area contributed by atoms with Gasteiger partial charge in [0.2, 0.25) is 0 Å². The van der Waals surface area contributed by atoms with Crippen LogP contribution in [0.25, 0.3) is 0 Å². The summed E-state index contributed by atoms with van der Waals surface area (Å²) >= 11 is 1.73. The maximum atomic E-state index is 4.39. The van der Waals surface area contributed by atoms with Gasteiger partial charge in [-0.2, -0.15) is 0 Å². The highest BCUT2D eigenvalue weighted by Gasteiger charge is 2.16. The number of hydrogen-bond acceptors (Lipinski definition) is 4. The van der Waals surface area contributed by atoms with Crippen molar-refractivity contribution in [2.45, 2.75) is 19.9 Å². The lowest BCUT2D eigenvalue weighted by molar-refractivity contribution is 0.605. The Morgan fingerprint density at radius 2 is 2.12 bits per heavy atom. The standard InChI is InChI=1S/C12H15N3S/c1-3-13-11(10-5-4-6-16-10)12-14-7-9(2)8-15-12/h4-8,11,13H,3H2,1-2H3. The van der Waals surface area contributed by atoms with Gasteiger partial charge in [0.25, 0.3) is 0 Å². The Kier molecular flexibility index (Phi) is 3.64. The van der Waals surface area contributed by atoms with Crippen LogP contribution in [0, 0.1) is 6.92 Å². The van der Waals surface area contributed by atoms with Crippen LogP contribution < -0.4 is 5.32 Å².